The highest BCUT2D eigenvalue weighted by Gasteiger charge is 2.34. The molecule has 0 radical (unpaired) electrons. The number of nitro groups is 1. The van der Waals surface area contributed by atoms with Gasteiger partial charge < -0.3 is 5.32 Å². The fourth-order valence-corrected chi connectivity index (χ4v) is 4.55. The van der Waals surface area contributed by atoms with Gasteiger partial charge >= 0.3 is 0 Å². The Morgan fingerprint density at radius 2 is 2.00 bits per heavy atom. The van der Waals surface area contributed by atoms with E-state index >= 15 is 0 Å². The molecule has 1 aliphatic heterocycles. The van der Waals surface area contributed by atoms with Crippen molar-refractivity contribution in [3.63, 3.8) is 0 Å². The highest BCUT2D eigenvalue weighted by atomic mass is 35.5. The molecule has 0 amide bonds. The second-order valence-corrected chi connectivity index (χ2v) is 7.95. The van der Waals surface area contributed by atoms with Crippen LogP contribution in [0.5, 0.6) is 0 Å². The van der Waals surface area contributed by atoms with Gasteiger partial charge in [-0.05, 0) is 50.9 Å². The van der Waals surface area contributed by atoms with E-state index in [4.69, 9.17) is 11.6 Å². The number of benzene rings is 1. The Morgan fingerprint density at radius 3 is 2.54 bits per heavy atom. The lowest BCUT2D eigenvalue weighted by Gasteiger charge is -2.31. The van der Waals surface area contributed by atoms with Gasteiger partial charge in [0.15, 0.2) is 4.90 Å². The fourth-order valence-electron chi connectivity index (χ4n) is 2.78. The zero-order chi connectivity index (χ0) is 17.0. The lowest BCUT2D eigenvalue weighted by Crippen LogP contribution is -2.39. The summed E-state index contributed by atoms with van der Waals surface area (Å²) in [6.07, 6.45) is 2.54. The van der Waals surface area contributed by atoms with Crippen molar-refractivity contribution in [3.8, 4) is 0 Å². The summed E-state index contributed by atoms with van der Waals surface area (Å²) in [4.78, 5) is 10.1. The molecular weight excluding hydrogens is 377 g/mol. The molecule has 0 aliphatic carbocycles. The number of nitrogens with one attached hydrogen (secondary N) is 1. The fraction of sp³-hybridized carbons (Fsp3) is 0.571. The number of piperidine rings is 1. The minimum absolute atomic E-state index is 0. The van der Waals surface area contributed by atoms with Gasteiger partial charge in [0.1, 0.15) is 0 Å². The molecule has 1 fully saturated rings. The largest absolute Gasteiger partial charge is 0.320 e. The van der Waals surface area contributed by atoms with Gasteiger partial charge in [0.25, 0.3) is 5.69 Å². The van der Waals surface area contributed by atoms with Crippen LogP contribution in [0.1, 0.15) is 19.3 Å². The van der Waals surface area contributed by atoms with Gasteiger partial charge in [-0.15, -0.1) is 12.4 Å². The third-order valence-electron chi connectivity index (χ3n) is 4.11. The van der Waals surface area contributed by atoms with Crippen LogP contribution in [-0.2, 0) is 10.0 Å². The summed E-state index contributed by atoms with van der Waals surface area (Å²) >= 11 is 5.75. The first-order valence-corrected chi connectivity index (χ1v) is 9.26. The Hall–Kier alpha value is -0.930. The number of nitrogens with zero attached hydrogens (tertiary/aromatic N) is 2. The molecule has 10 heteroatoms. The van der Waals surface area contributed by atoms with E-state index in [2.05, 4.69) is 5.32 Å². The minimum atomic E-state index is -3.88. The maximum Gasteiger partial charge on any atom is 0.290 e. The first kappa shape index (κ1) is 21.1. The van der Waals surface area contributed by atoms with Crippen LogP contribution in [0.2, 0.25) is 5.02 Å². The normalized spacial score (nSPS) is 16.6. The van der Waals surface area contributed by atoms with E-state index in [1.165, 1.54) is 16.4 Å². The number of nitro benzene ring substituents is 1. The van der Waals surface area contributed by atoms with Crippen LogP contribution in [0.25, 0.3) is 0 Å². The predicted molar refractivity (Wildman–Crippen MR) is 95.4 cm³/mol. The van der Waals surface area contributed by atoms with Gasteiger partial charge in [-0.1, -0.05) is 11.6 Å². The second-order valence-electron chi connectivity index (χ2n) is 5.61. The van der Waals surface area contributed by atoms with E-state index in [1.807, 2.05) is 7.05 Å². The van der Waals surface area contributed by atoms with Crippen LogP contribution in [0, 0.1) is 16.0 Å². The van der Waals surface area contributed by atoms with Gasteiger partial charge in [0, 0.05) is 24.2 Å². The van der Waals surface area contributed by atoms with Gasteiger partial charge in [-0.2, -0.15) is 4.31 Å². The number of hydrogen-bond acceptors (Lipinski definition) is 5. The molecule has 136 valence electrons. The minimum Gasteiger partial charge on any atom is -0.320 e. The molecule has 0 unspecified atom stereocenters. The maximum atomic E-state index is 12.7. The topological polar surface area (TPSA) is 92.6 Å². The lowest BCUT2D eigenvalue weighted by molar-refractivity contribution is -0.387. The van der Waals surface area contributed by atoms with Crippen LogP contribution in [-0.4, -0.2) is 44.3 Å². The molecule has 1 saturated heterocycles. The first-order chi connectivity index (χ1) is 10.9. The number of hydrogen-bond donors (Lipinski definition) is 1. The van der Waals surface area contributed by atoms with Crippen molar-refractivity contribution in [1.29, 1.82) is 0 Å². The standard InChI is InChI=1S/C14H20ClN3O4S.ClH/c1-16-7-4-11-5-8-17(9-6-11)23(21,22)14-3-2-12(15)10-13(14)18(19)20;/h2-3,10-11,16H,4-9H2,1H3;1H. The van der Waals surface area contributed by atoms with E-state index in [-0.39, 0.29) is 22.3 Å². The molecule has 1 aliphatic rings. The molecule has 1 heterocycles. The Kier molecular flexibility index (Phi) is 7.88. The molecular formula is C14H21Cl2N3O4S. The van der Waals surface area contributed by atoms with Gasteiger partial charge in [-0.3, -0.25) is 10.1 Å². The SMILES string of the molecule is CNCCC1CCN(S(=O)(=O)c2ccc(Cl)cc2[N+](=O)[O-])CC1.Cl. The molecule has 0 atom stereocenters. The van der Waals surface area contributed by atoms with Crippen LogP contribution in [0.15, 0.2) is 23.1 Å². The zero-order valence-electron chi connectivity index (χ0n) is 13.3. The highest BCUT2D eigenvalue weighted by Crippen LogP contribution is 2.32. The molecule has 0 spiro atoms. The molecule has 0 bridgehead atoms. The predicted octanol–water partition coefficient (Wildman–Crippen LogP) is 2.68. The average molecular weight is 398 g/mol. The smallest absolute Gasteiger partial charge is 0.290 e. The Balaban J connectivity index is 0.00000288. The van der Waals surface area contributed by atoms with Crippen molar-refractivity contribution in [2.75, 3.05) is 26.7 Å². The summed E-state index contributed by atoms with van der Waals surface area (Å²) in [6, 6.07) is 3.65. The van der Waals surface area contributed by atoms with Crippen LogP contribution in [0.3, 0.4) is 0 Å². The molecule has 24 heavy (non-hydrogen) atoms. The van der Waals surface area contributed by atoms with Crippen molar-refractivity contribution >= 4 is 39.7 Å². The summed E-state index contributed by atoms with van der Waals surface area (Å²) in [5.74, 6) is 0.481. The van der Waals surface area contributed by atoms with E-state index in [0.29, 0.717) is 19.0 Å². The van der Waals surface area contributed by atoms with Gasteiger partial charge in [-0.25, -0.2) is 8.42 Å². The lowest BCUT2D eigenvalue weighted by atomic mass is 9.95. The summed E-state index contributed by atoms with van der Waals surface area (Å²) in [6.45, 7) is 1.67. The summed E-state index contributed by atoms with van der Waals surface area (Å²) in [5.41, 5.74) is -0.477. The number of halogens is 2. The first-order valence-electron chi connectivity index (χ1n) is 7.45. The molecule has 1 aromatic rings. The summed E-state index contributed by atoms with van der Waals surface area (Å²) in [7, 11) is -1.99. The summed E-state index contributed by atoms with van der Waals surface area (Å²) < 4.78 is 26.8. The average Bonchev–Trinajstić information content (AvgIpc) is 2.53. The monoisotopic (exact) mass is 397 g/mol. The molecule has 2 rings (SSSR count). The molecule has 1 N–H and O–H groups in total. The third kappa shape index (κ3) is 4.80. The maximum absolute atomic E-state index is 12.7. The zero-order valence-corrected chi connectivity index (χ0v) is 15.7. The van der Waals surface area contributed by atoms with Crippen molar-refractivity contribution in [2.24, 2.45) is 5.92 Å². The highest BCUT2D eigenvalue weighted by molar-refractivity contribution is 7.89. The van der Waals surface area contributed by atoms with Crippen LogP contribution in [0.4, 0.5) is 5.69 Å². The van der Waals surface area contributed by atoms with E-state index in [9.17, 15) is 18.5 Å². The summed E-state index contributed by atoms with van der Waals surface area (Å²) in [5, 5.41) is 14.4. The Labute approximate surface area is 153 Å². The van der Waals surface area contributed by atoms with Crippen molar-refractivity contribution in [3.05, 3.63) is 33.3 Å². The molecule has 7 nitrogen and oxygen atoms in total. The number of sulfonamides is 1. The number of rotatable bonds is 6. The van der Waals surface area contributed by atoms with Gasteiger partial charge in [0.2, 0.25) is 10.0 Å². The third-order valence-corrected chi connectivity index (χ3v) is 6.29. The molecule has 1 aromatic carbocycles. The second kappa shape index (κ2) is 8.96. The Morgan fingerprint density at radius 1 is 1.38 bits per heavy atom. The van der Waals surface area contributed by atoms with Gasteiger partial charge in [0.05, 0.1) is 4.92 Å². The molecule has 0 aromatic heterocycles. The van der Waals surface area contributed by atoms with Crippen molar-refractivity contribution < 1.29 is 13.3 Å². The quantitative estimate of drug-likeness (QED) is 0.588. The van der Waals surface area contributed by atoms with E-state index in [1.54, 1.807) is 0 Å². The van der Waals surface area contributed by atoms with Crippen molar-refractivity contribution in [1.82, 2.24) is 9.62 Å². The van der Waals surface area contributed by atoms with Crippen molar-refractivity contribution in [2.45, 2.75) is 24.2 Å². The van der Waals surface area contributed by atoms with Crippen LogP contribution >= 0.6 is 24.0 Å². The molecule has 0 saturated carbocycles. The van der Waals surface area contributed by atoms with E-state index in [0.717, 1.165) is 31.9 Å². The Bertz CT molecular complexity index is 677. The van der Waals surface area contributed by atoms with E-state index < -0.39 is 20.6 Å². The van der Waals surface area contributed by atoms with Crippen LogP contribution < -0.4 is 5.32 Å².